The molecule has 0 saturated carbocycles. The minimum atomic E-state index is -0.0818. The van der Waals surface area contributed by atoms with Gasteiger partial charge in [-0.05, 0) is 24.3 Å². The molecule has 0 unspecified atom stereocenters. The number of aliphatic imine (C=N–C) groups is 1. The lowest BCUT2D eigenvalue weighted by Crippen LogP contribution is -2.42. The summed E-state index contributed by atoms with van der Waals surface area (Å²) in [5.41, 5.74) is 0.656. The molecule has 0 saturated heterocycles. The van der Waals surface area contributed by atoms with Gasteiger partial charge in [-0.2, -0.15) is 0 Å². The molecule has 0 aliphatic rings. The standard InChI is InChI=1S/C19H24N4O2.HI/c1-20-19(23-14-15-25-17-10-6-3-7-11-17)22-13-12-21-18(24)16-8-4-2-5-9-16;/h2-11H,12-15H2,1H3,(H,21,24)(H2,20,22,23);1H. The smallest absolute Gasteiger partial charge is 0.251 e. The number of para-hydroxylation sites is 1. The van der Waals surface area contributed by atoms with E-state index in [0.29, 0.717) is 37.8 Å². The number of amides is 1. The normalized spacial score (nSPS) is 10.4. The Morgan fingerprint density at radius 2 is 1.46 bits per heavy atom. The summed E-state index contributed by atoms with van der Waals surface area (Å²) in [6, 6.07) is 18.8. The number of carbonyl (C=O) groups is 1. The fourth-order valence-electron chi connectivity index (χ4n) is 2.12. The van der Waals surface area contributed by atoms with Crippen molar-refractivity contribution < 1.29 is 9.53 Å². The van der Waals surface area contributed by atoms with Gasteiger partial charge < -0.3 is 20.7 Å². The van der Waals surface area contributed by atoms with Crippen molar-refractivity contribution in [1.82, 2.24) is 16.0 Å². The Morgan fingerprint density at radius 1 is 0.885 bits per heavy atom. The first-order valence-electron chi connectivity index (χ1n) is 8.25. The van der Waals surface area contributed by atoms with Crippen LogP contribution in [0.4, 0.5) is 0 Å². The summed E-state index contributed by atoms with van der Waals surface area (Å²) >= 11 is 0. The highest BCUT2D eigenvalue weighted by Gasteiger charge is 2.03. The summed E-state index contributed by atoms with van der Waals surface area (Å²) in [6.07, 6.45) is 0. The largest absolute Gasteiger partial charge is 0.492 e. The molecule has 0 aliphatic heterocycles. The molecule has 2 aromatic carbocycles. The summed E-state index contributed by atoms with van der Waals surface area (Å²) in [4.78, 5) is 16.0. The van der Waals surface area contributed by atoms with E-state index < -0.39 is 0 Å². The van der Waals surface area contributed by atoms with E-state index in [1.165, 1.54) is 0 Å². The van der Waals surface area contributed by atoms with Gasteiger partial charge in [-0.1, -0.05) is 36.4 Å². The van der Waals surface area contributed by atoms with E-state index in [0.717, 1.165) is 5.75 Å². The quantitative estimate of drug-likeness (QED) is 0.241. The lowest BCUT2D eigenvalue weighted by atomic mass is 10.2. The summed E-state index contributed by atoms with van der Waals surface area (Å²) in [7, 11) is 1.70. The van der Waals surface area contributed by atoms with Gasteiger partial charge in [0.15, 0.2) is 5.96 Å². The van der Waals surface area contributed by atoms with Gasteiger partial charge in [-0.25, -0.2) is 0 Å². The van der Waals surface area contributed by atoms with Crippen LogP contribution in [0.5, 0.6) is 5.75 Å². The molecule has 0 radical (unpaired) electrons. The molecule has 0 aliphatic carbocycles. The Morgan fingerprint density at radius 3 is 2.12 bits per heavy atom. The van der Waals surface area contributed by atoms with Crippen molar-refractivity contribution in [3.05, 3.63) is 66.2 Å². The Hall–Kier alpha value is -2.29. The van der Waals surface area contributed by atoms with Gasteiger partial charge in [0.25, 0.3) is 5.91 Å². The molecule has 0 fully saturated rings. The van der Waals surface area contributed by atoms with Crippen LogP contribution >= 0.6 is 24.0 Å². The summed E-state index contributed by atoms with van der Waals surface area (Å²) in [5, 5.41) is 9.16. The van der Waals surface area contributed by atoms with Gasteiger partial charge in [-0.3, -0.25) is 9.79 Å². The van der Waals surface area contributed by atoms with Crippen LogP contribution in [0, 0.1) is 0 Å². The van der Waals surface area contributed by atoms with E-state index >= 15 is 0 Å². The van der Waals surface area contributed by atoms with Crippen LogP contribution in [0.25, 0.3) is 0 Å². The SMILES string of the molecule is CN=C(NCCNC(=O)c1ccccc1)NCCOc1ccccc1.I. The predicted molar refractivity (Wildman–Crippen MR) is 115 cm³/mol. The van der Waals surface area contributed by atoms with Gasteiger partial charge >= 0.3 is 0 Å². The fraction of sp³-hybridized carbons (Fsp3) is 0.263. The number of halogens is 1. The number of benzene rings is 2. The van der Waals surface area contributed by atoms with Crippen molar-refractivity contribution in [2.24, 2.45) is 4.99 Å². The predicted octanol–water partition coefficient (Wildman–Crippen LogP) is 2.28. The van der Waals surface area contributed by atoms with Crippen molar-refractivity contribution in [3.8, 4) is 5.75 Å². The molecule has 6 nitrogen and oxygen atoms in total. The number of nitrogens with one attached hydrogen (secondary N) is 3. The number of nitrogens with zero attached hydrogens (tertiary/aromatic N) is 1. The molecule has 140 valence electrons. The lowest BCUT2D eigenvalue weighted by Gasteiger charge is -2.13. The second-order valence-electron chi connectivity index (χ2n) is 5.21. The average Bonchev–Trinajstić information content (AvgIpc) is 2.68. The third-order valence-corrected chi connectivity index (χ3v) is 3.37. The van der Waals surface area contributed by atoms with Crippen LogP contribution in [0.3, 0.4) is 0 Å². The zero-order valence-electron chi connectivity index (χ0n) is 14.8. The maximum atomic E-state index is 11.9. The highest BCUT2D eigenvalue weighted by Crippen LogP contribution is 2.07. The number of ether oxygens (including phenoxy) is 1. The molecule has 2 aromatic rings. The van der Waals surface area contributed by atoms with Gasteiger partial charge in [0.05, 0.1) is 6.54 Å². The third kappa shape index (κ3) is 8.19. The molecule has 7 heteroatoms. The number of hydrogen-bond acceptors (Lipinski definition) is 3. The van der Waals surface area contributed by atoms with Crippen molar-refractivity contribution in [2.75, 3.05) is 33.3 Å². The number of carbonyl (C=O) groups excluding carboxylic acids is 1. The first-order chi connectivity index (χ1) is 12.3. The molecule has 0 heterocycles. The molecule has 0 aromatic heterocycles. The molecule has 3 N–H and O–H groups in total. The highest BCUT2D eigenvalue weighted by atomic mass is 127. The minimum Gasteiger partial charge on any atom is -0.492 e. The molecular weight excluding hydrogens is 443 g/mol. The van der Waals surface area contributed by atoms with E-state index in [1.807, 2.05) is 48.5 Å². The number of rotatable bonds is 8. The zero-order valence-corrected chi connectivity index (χ0v) is 17.1. The Kier molecular flexibility index (Phi) is 10.9. The number of hydrogen-bond donors (Lipinski definition) is 3. The summed E-state index contributed by atoms with van der Waals surface area (Å²) in [6.45, 7) is 2.26. The zero-order chi connectivity index (χ0) is 17.7. The van der Waals surface area contributed by atoms with E-state index in [4.69, 9.17) is 4.74 Å². The molecular formula is C19H25IN4O2. The molecule has 1 amide bonds. The molecule has 2 rings (SSSR count). The van der Waals surface area contributed by atoms with E-state index in [-0.39, 0.29) is 29.9 Å². The van der Waals surface area contributed by atoms with Crippen LogP contribution < -0.4 is 20.7 Å². The van der Waals surface area contributed by atoms with Crippen LogP contribution in [0.15, 0.2) is 65.7 Å². The van der Waals surface area contributed by atoms with Gasteiger partial charge in [0.2, 0.25) is 0 Å². The van der Waals surface area contributed by atoms with Gasteiger partial charge in [-0.15, -0.1) is 24.0 Å². The molecule has 0 atom stereocenters. The van der Waals surface area contributed by atoms with Crippen molar-refractivity contribution >= 4 is 35.8 Å². The van der Waals surface area contributed by atoms with Crippen LogP contribution in [-0.2, 0) is 0 Å². The van der Waals surface area contributed by atoms with Gasteiger partial charge in [0, 0.05) is 25.7 Å². The Bertz CT molecular complexity index is 666. The van der Waals surface area contributed by atoms with E-state index in [1.54, 1.807) is 19.2 Å². The second kappa shape index (κ2) is 13.0. The van der Waals surface area contributed by atoms with Crippen LogP contribution in [-0.4, -0.2) is 45.2 Å². The maximum absolute atomic E-state index is 11.9. The molecule has 26 heavy (non-hydrogen) atoms. The number of guanidine groups is 1. The van der Waals surface area contributed by atoms with Crippen molar-refractivity contribution in [3.63, 3.8) is 0 Å². The Labute approximate surface area is 171 Å². The third-order valence-electron chi connectivity index (χ3n) is 3.37. The fourth-order valence-corrected chi connectivity index (χ4v) is 2.12. The first kappa shape index (κ1) is 21.8. The summed E-state index contributed by atoms with van der Waals surface area (Å²) in [5.74, 6) is 1.43. The van der Waals surface area contributed by atoms with E-state index in [9.17, 15) is 4.79 Å². The van der Waals surface area contributed by atoms with Crippen LogP contribution in [0.1, 0.15) is 10.4 Å². The average molecular weight is 468 g/mol. The summed E-state index contributed by atoms with van der Waals surface area (Å²) < 4.78 is 5.60. The molecule has 0 bridgehead atoms. The van der Waals surface area contributed by atoms with Crippen molar-refractivity contribution in [1.29, 1.82) is 0 Å². The maximum Gasteiger partial charge on any atom is 0.251 e. The monoisotopic (exact) mass is 468 g/mol. The van der Waals surface area contributed by atoms with Gasteiger partial charge in [0.1, 0.15) is 12.4 Å². The second-order valence-corrected chi connectivity index (χ2v) is 5.21. The first-order valence-corrected chi connectivity index (χ1v) is 8.25. The highest BCUT2D eigenvalue weighted by molar-refractivity contribution is 14.0. The topological polar surface area (TPSA) is 74.8 Å². The minimum absolute atomic E-state index is 0. The van der Waals surface area contributed by atoms with E-state index in [2.05, 4.69) is 20.9 Å². The Balaban J connectivity index is 0.00000338. The van der Waals surface area contributed by atoms with Crippen LogP contribution in [0.2, 0.25) is 0 Å². The molecule has 0 spiro atoms. The van der Waals surface area contributed by atoms with Crippen molar-refractivity contribution in [2.45, 2.75) is 0 Å². The lowest BCUT2D eigenvalue weighted by molar-refractivity contribution is 0.0954.